The van der Waals surface area contributed by atoms with Crippen LogP contribution in [0.5, 0.6) is 0 Å². The van der Waals surface area contributed by atoms with E-state index >= 15 is 0 Å². The number of hydrogen-bond acceptors (Lipinski definition) is 3. The van der Waals surface area contributed by atoms with Crippen molar-refractivity contribution in [3.8, 4) is 11.3 Å². The molecule has 0 spiro atoms. The Balaban J connectivity index is 2.58. The Morgan fingerprint density at radius 1 is 1.29 bits per heavy atom. The summed E-state index contributed by atoms with van der Waals surface area (Å²) in [5, 5.41) is 0. The standard InChI is InChI=1S/C14H12NO2/c1-10-6-7-11(12(9-10)14(16)17-2)13-5-3-4-8-15-13/h3-9H,1H2,2H3. The van der Waals surface area contributed by atoms with E-state index < -0.39 is 0 Å². The summed E-state index contributed by atoms with van der Waals surface area (Å²) in [5.74, 6) is -0.379. The third-order valence-corrected chi connectivity index (χ3v) is 2.43. The highest BCUT2D eigenvalue weighted by atomic mass is 16.5. The smallest absolute Gasteiger partial charge is 0.338 e. The molecule has 0 saturated heterocycles. The van der Waals surface area contributed by atoms with Crippen LogP contribution in [0.15, 0.2) is 42.6 Å². The maximum Gasteiger partial charge on any atom is 0.338 e. The Hall–Kier alpha value is -2.16. The van der Waals surface area contributed by atoms with Crippen LogP contribution in [-0.4, -0.2) is 18.1 Å². The van der Waals surface area contributed by atoms with Gasteiger partial charge in [0.25, 0.3) is 0 Å². The fraction of sp³-hybridized carbons (Fsp3) is 0.0714. The molecule has 0 amide bonds. The number of rotatable bonds is 2. The Labute approximate surface area is 100 Å². The summed E-state index contributed by atoms with van der Waals surface area (Å²) < 4.78 is 4.76. The third-order valence-electron chi connectivity index (χ3n) is 2.43. The van der Waals surface area contributed by atoms with Crippen molar-refractivity contribution >= 4 is 5.97 Å². The van der Waals surface area contributed by atoms with Gasteiger partial charge in [0, 0.05) is 11.8 Å². The van der Waals surface area contributed by atoms with Gasteiger partial charge in [-0.15, -0.1) is 0 Å². The normalized spacial score (nSPS) is 10.0. The van der Waals surface area contributed by atoms with E-state index in [2.05, 4.69) is 11.9 Å². The van der Waals surface area contributed by atoms with Gasteiger partial charge in [-0.05, 0) is 30.7 Å². The first-order valence-corrected chi connectivity index (χ1v) is 5.18. The highest BCUT2D eigenvalue weighted by Gasteiger charge is 2.13. The molecular weight excluding hydrogens is 214 g/mol. The van der Waals surface area contributed by atoms with E-state index in [1.165, 1.54) is 7.11 Å². The largest absolute Gasteiger partial charge is 0.465 e. The molecule has 2 rings (SSSR count). The summed E-state index contributed by atoms with van der Waals surface area (Å²) in [7, 11) is 1.36. The monoisotopic (exact) mass is 226 g/mol. The van der Waals surface area contributed by atoms with Gasteiger partial charge in [-0.1, -0.05) is 18.2 Å². The van der Waals surface area contributed by atoms with Gasteiger partial charge in [-0.25, -0.2) is 4.79 Å². The zero-order valence-corrected chi connectivity index (χ0v) is 9.51. The molecule has 0 unspecified atom stereocenters. The van der Waals surface area contributed by atoms with E-state index in [4.69, 9.17) is 4.74 Å². The summed E-state index contributed by atoms with van der Waals surface area (Å²) >= 11 is 0. The predicted molar refractivity (Wildman–Crippen MR) is 65.5 cm³/mol. The lowest BCUT2D eigenvalue weighted by Gasteiger charge is -2.08. The highest BCUT2D eigenvalue weighted by Crippen LogP contribution is 2.23. The van der Waals surface area contributed by atoms with Gasteiger partial charge in [0.1, 0.15) is 0 Å². The van der Waals surface area contributed by atoms with Gasteiger partial charge in [0.05, 0.1) is 18.4 Å². The molecule has 1 heterocycles. The van der Waals surface area contributed by atoms with Gasteiger partial charge >= 0.3 is 5.97 Å². The number of carbonyl (C=O) groups is 1. The number of hydrogen-bond donors (Lipinski definition) is 0. The van der Waals surface area contributed by atoms with Crippen molar-refractivity contribution in [1.29, 1.82) is 0 Å². The number of esters is 1. The van der Waals surface area contributed by atoms with Crippen LogP contribution in [0, 0.1) is 6.92 Å². The summed E-state index contributed by atoms with van der Waals surface area (Å²) in [5.41, 5.74) is 2.75. The Morgan fingerprint density at radius 2 is 2.12 bits per heavy atom. The molecular formula is C14H12NO2. The highest BCUT2D eigenvalue weighted by molar-refractivity contribution is 5.97. The fourth-order valence-corrected chi connectivity index (χ4v) is 1.62. The average Bonchev–Trinajstić information content (AvgIpc) is 2.38. The topological polar surface area (TPSA) is 39.2 Å². The van der Waals surface area contributed by atoms with Crippen LogP contribution in [0.3, 0.4) is 0 Å². The van der Waals surface area contributed by atoms with Crippen LogP contribution >= 0.6 is 0 Å². The lowest BCUT2D eigenvalue weighted by Crippen LogP contribution is -2.04. The first-order valence-electron chi connectivity index (χ1n) is 5.18. The van der Waals surface area contributed by atoms with E-state index in [0.717, 1.165) is 16.8 Å². The molecule has 85 valence electrons. The van der Waals surface area contributed by atoms with E-state index in [1.54, 1.807) is 12.3 Å². The van der Waals surface area contributed by atoms with Crippen LogP contribution in [0.4, 0.5) is 0 Å². The first kappa shape index (κ1) is 11.3. The average molecular weight is 226 g/mol. The molecule has 0 atom stereocenters. The summed E-state index contributed by atoms with van der Waals surface area (Å²) in [4.78, 5) is 15.9. The minimum atomic E-state index is -0.379. The molecule has 3 heteroatoms. The zero-order valence-electron chi connectivity index (χ0n) is 9.51. The van der Waals surface area contributed by atoms with Crippen LogP contribution in [0.2, 0.25) is 0 Å². The fourth-order valence-electron chi connectivity index (χ4n) is 1.62. The van der Waals surface area contributed by atoms with Crippen LogP contribution in [-0.2, 0) is 4.74 Å². The van der Waals surface area contributed by atoms with Gasteiger partial charge in [-0.3, -0.25) is 4.98 Å². The molecule has 0 saturated carbocycles. The predicted octanol–water partition coefficient (Wildman–Crippen LogP) is 2.72. The van der Waals surface area contributed by atoms with Crippen molar-refractivity contribution in [2.75, 3.05) is 7.11 Å². The van der Waals surface area contributed by atoms with Gasteiger partial charge < -0.3 is 4.74 Å². The van der Waals surface area contributed by atoms with E-state index in [1.807, 2.05) is 30.3 Å². The SMILES string of the molecule is [CH2]c1ccc(-c2ccccn2)c(C(=O)OC)c1. The van der Waals surface area contributed by atoms with Crippen molar-refractivity contribution in [1.82, 2.24) is 4.98 Å². The number of benzene rings is 1. The lowest BCUT2D eigenvalue weighted by atomic mass is 10.0. The number of methoxy groups -OCH3 is 1. The van der Waals surface area contributed by atoms with Gasteiger partial charge in [0.15, 0.2) is 0 Å². The second-order valence-corrected chi connectivity index (χ2v) is 3.59. The molecule has 1 radical (unpaired) electrons. The zero-order chi connectivity index (χ0) is 12.3. The number of ether oxygens (including phenoxy) is 1. The lowest BCUT2D eigenvalue weighted by molar-refractivity contribution is 0.0601. The molecule has 0 aliphatic rings. The molecule has 0 aliphatic heterocycles. The minimum absolute atomic E-state index is 0.379. The van der Waals surface area contributed by atoms with Crippen molar-refractivity contribution in [2.45, 2.75) is 0 Å². The molecule has 0 fully saturated rings. The van der Waals surface area contributed by atoms with E-state index in [0.29, 0.717) is 5.56 Å². The molecule has 0 N–H and O–H groups in total. The molecule has 3 nitrogen and oxygen atoms in total. The Bertz CT molecular complexity index is 535. The van der Waals surface area contributed by atoms with E-state index in [9.17, 15) is 4.79 Å². The first-order chi connectivity index (χ1) is 8.22. The van der Waals surface area contributed by atoms with Crippen LogP contribution in [0.1, 0.15) is 15.9 Å². The quantitative estimate of drug-likeness (QED) is 0.739. The number of carbonyl (C=O) groups excluding carboxylic acids is 1. The van der Waals surface area contributed by atoms with Crippen molar-refractivity contribution in [2.24, 2.45) is 0 Å². The summed E-state index contributed by atoms with van der Waals surface area (Å²) in [6, 6.07) is 10.9. The van der Waals surface area contributed by atoms with Gasteiger partial charge in [0.2, 0.25) is 0 Å². The second-order valence-electron chi connectivity index (χ2n) is 3.59. The molecule has 17 heavy (non-hydrogen) atoms. The van der Waals surface area contributed by atoms with Crippen molar-refractivity contribution in [3.05, 3.63) is 60.6 Å². The van der Waals surface area contributed by atoms with Crippen LogP contribution in [0.25, 0.3) is 11.3 Å². The molecule has 0 bridgehead atoms. The molecule has 0 aliphatic carbocycles. The number of nitrogens with zero attached hydrogens (tertiary/aromatic N) is 1. The Morgan fingerprint density at radius 3 is 2.76 bits per heavy atom. The molecule has 1 aromatic carbocycles. The molecule has 2 aromatic rings. The van der Waals surface area contributed by atoms with Crippen molar-refractivity contribution in [3.63, 3.8) is 0 Å². The maximum atomic E-state index is 11.7. The number of pyridine rings is 1. The van der Waals surface area contributed by atoms with Crippen LogP contribution < -0.4 is 0 Å². The summed E-state index contributed by atoms with van der Waals surface area (Å²) in [6.45, 7) is 3.80. The minimum Gasteiger partial charge on any atom is -0.465 e. The third kappa shape index (κ3) is 2.33. The van der Waals surface area contributed by atoms with Crippen molar-refractivity contribution < 1.29 is 9.53 Å². The van der Waals surface area contributed by atoms with Gasteiger partial charge in [-0.2, -0.15) is 0 Å². The van der Waals surface area contributed by atoms with E-state index in [-0.39, 0.29) is 5.97 Å². The number of aromatic nitrogens is 1. The maximum absolute atomic E-state index is 11.7. The summed E-state index contributed by atoms with van der Waals surface area (Å²) in [6.07, 6.45) is 1.69. The second kappa shape index (κ2) is 4.78. The molecule has 1 aromatic heterocycles. The Kier molecular flexibility index (Phi) is 3.19.